The van der Waals surface area contributed by atoms with E-state index in [0.717, 1.165) is 69.2 Å². The highest BCUT2D eigenvalue weighted by atomic mass is 32.2. The van der Waals surface area contributed by atoms with Crippen LogP contribution in [-0.2, 0) is 10.0 Å². The van der Waals surface area contributed by atoms with Crippen molar-refractivity contribution >= 4 is 50.1 Å². The van der Waals surface area contributed by atoms with Crippen molar-refractivity contribution in [2.75, 3.05) is 75.8 Å². The van der Waals surface area contributed by atoms with Gasteiger partial charge >= 0.3 is 0 Å². The Bertz CT molecular complexity index is 3270. The first kappa shape index (κ1) is 54.4. The van der Waals surface area contributed by atoms with E-state index in [4.69, 9.17) is 14.2 Å². The molecule has 4 fully saturated rings. The molecule has 1 atom stereocenters. The van der Waals surface area contributed by atoms with Crippen molar-refractivity contribution in [3.05, 3.63) is 125 Å². The topological polar surface area (TPSA) is 218 Å². The number of benzene rings is 3. The third kappa shape index (κ3) is 11.3. The maximum atomic E-state index is 14.9. The number of carbonyl (C=O) groups is 2. The van der Waals surface area contributed by atoms with Gasteiger partial charge in [-0.25, -0.2) is 22.5 Å². The molecule has 0 radical (unpaired) electrons. The van der Waals surface area contributed by atoms with E-state index in [1.54, 1.807) is 19.2 Å². The molecule has 414 valence electrons. The number of piperidine rings is 1. The lowest BCUT2D eigenvalue weighted by Gasteiger charge is -2.58. The Morgan fingerprint density at radius 1 is 0.949 bits per heavy atom. The van der Waals surface area contributed by atoms with E-state index in [9.17, 15) is 32.7 Å². The van der Waals surface area contributed by atoms with Gasteiger partial charge in [0.2, 0.25) is 0 Å². The second-order valence-electron chi connectivity index (χ2n) is 22.2. The molecule has 2 amide bonds. The average Bonchev–Trinajstić information content (AvgIpc) is 3.90. The van der Waals surface area contributed by atoms with Crippen LogP contribution in [0.1, 0.15) is 116 Å². The Morgan fingerprint density at radius 2 is 1.68 bits per heavy atom. The molecule has 5 heterocycles. The number of ether oxygens (including phenoxy) is 3. The van der Waals surface area contributed by atoms with Gasteiger partial charge in [-0.15, -0.1) is 0 Å². The highest BCUT2D eigenvalue weighted by molar-refractivity contribution is 7.90. The Kier molecular flexibility index (Phi) is 15.4. The number of aliphatic hydroxyl groups is 1. The van der Waals surface area contributed by atoms with E-state index in [1.807, 2.05) is 36.1 Å². The van der Waals surface area contributed by atoms with Gasteiger partial charge in [0.15, 0.2) is 5.75 Å². The van der Waals surface area contributed by atoms with Crippen molar-refractivity contribution in [2.24, 2.45) is 11.3 Å². The highest BCUT2D eigenvalue weighted by Gasteiger charge is 2.50. The standard InChI is InChI=1S/C58H69FN9O9S/c1-36(2)43-9-7-8-10-44(43)49-35-67(56(70)38-11-14-41(75-5)15-12-38)25-26-68(49)40-30-58(31-40)21-23-66(24-22-58)39-13-16-45(50(27-39)77-51-29-46-47(59)34-62-52(46)63-55(51)76-6)54(69)64-78(73,74)42-28-48(65(4)72)53(61-33-42)60-32-37-17-19-57(3,71)20-18-37/h7-16,27-29,33-34,36-37,40,49,71H,17-26,30-32,35H2,1-6H3,(H,60,61)(H,62,63)(H,64,69)/q-1/t37?,49-,57?/m0/s1. The number of hydroxylamine groups is 1. The molecule has 3 aromatic carbocycles. The van der Waals surface area contributed by atoms with Gasteiger partial charge in [-0.1, -0.05) is 38.1 Å². The molecule has 3 aromatic heterocycles. The lowest BCUT2D eigenvalue weighted by atomic mass is 9.59. The fourth-order valence-electron chi connectivity index (χ4n) is 12.0. The highest BCUT2D eigenvalue weighted by Crippen LogP contribution is 2.53. The summed E-state index contributed by atoms with van der Waals surface area (Å²) >= 11 is 0. The molecule has 6 aromatic rings. The third-order valence-electron chi connectivity index (χ3n) is 16.6. The predicted octanol–water partition coefficient (Wildman–Crippen LogP) is 9.38. The molecule has 78 heavy (non-hydrogen) atoms. The number of nitrogens with zero attached hydrogens (tertiary/aromatic N) is 6. The second-order valence-corrected chi connectivity index (χ2v) is 23.9. The van der Waals surface area contributed by atoms with Crippen LogP contribution in [0, 0.1) is 22.4 Å². The summed E-state index contributed by atoms with van der Waals surface area (Å²) in [7, 11) is -0.397. The fourth-order valence-corrected chi connectivity index (χ4v) is 12.9. The van der Waals surface area contributed by atoms with Gasteiger partial charge in [0.25, 0.3) is 27.7 Å². The van der Waals surface area contributed by atoms with Crippen LogP contribution >= 0.6 is 0 Å². The number of H-pyrrole nitrogens is 1. The van der Waals surface area contributed by atoms with E-state index < -0.39 is 32.2 Å². The van der Waals surface area contributed by atoms with Gasteiger partial charge < -0.3 is 49.7 Å². The maximum absolute atomic E-state index is 14.9. The molecule has 20 heteroatoms. The molecule has 2 saturated heterocycles. The molecule has 0 bridgehead atoms. The Morgan fingerprint density at radius 3 is 2.37 bits per heavy atom. The summed E-state index contributed by atoms with van der Waals surface area (Å²) in [6, 6.07) is 23.8. The number of pyridine rings is 2. The molecule has 4 aliphatic rings. The molecular formula is C58H69FN9O9S-. The molecule has 2 aliphatic carbocycles. The van der Waals surface area contributed by atoms with Crippen LogP contribution in [0.5, 0.6) is 23.1 Å². The molecular weight excluding hydrogens is 1020 g/mol. The summed E-state index contributed by atoms with van der Waals surface area (Å²) in [4.78, 5) is 46.1. The minimum atomic E-state index is -4.62. The number of aromatic nitrogens is 3. The maximum Gasteiger partial charge on any atom is 0.268 e. The number of nitrogens with one attached hydrogen (secondary N) is 3. The van der Waals surface area contributed by atoms with E-state index in [-0.39, 0.29) is 68.8 Å². The van der Waals surface area contributed by atoms with Crippen molar-refractivity contribution in [1.82, 2.24) is 29.5 Å². The molecule has 10 rings (SSSR count). The Hall–Kier alpha value is -7.00. The van der Waals surface area contributed by atoms with Gasteiger partial charge in [-0.3, -0.25) is 14.5 Å². The van der Waals surface area contributed by atoms with Crippen LogP contribution in [0.2, 0.25) is 0 Å². The van der Waals surface area contributed by atoms with E-state index in [2.05, 4.69) is 72.9 Å². The summed E-state index contributed by atoms with van der Waals surface area (Å²) in [5.41, 5.74) is 3.36. The zero-order valence-electron chi connectivity index (χ0n) is 45.1. The van der Waals surface area contributed by atoms with Gasteiger partial charge in [0.05, 0.1) is 42.5 Å². The average molecular weight is 1090 g/mol. The summed E-state index contributed by atoms with van der Waals surface area (Å²) in [6.45, 7) is 10.1. The minimum absolute atomic E-state index is 0.00207. The van der Waals surface area contributed by atoms with Crippen molar-refractivity contribution in [3.63, 3.8) is 0 Å². The molecule has 4 N–H and O–H groups in total. The number of hydrogen-bond acceptors (Lipinski definition) is 15. The van der Waals surface area contributed by atoms with Crippen LogP contribution < -0.4 is 34.2 Å². The van der Waals surface area contributed by atoms with Gasteiger partial charge in [0, 0.05) is 81.1 Å². The first-order valence-corrected chi connectivity index (χ1v) is 28.3. The number of fused-ring (bicyclic) bond motifs is 1. The van der Waals surface area contributed by atoms with Crippen LogP contribution in [0.3, 0.4) is 0 Å². The number of halogens is 1. The smallest absolute Gasteiger partial charge is 0.268 e. The normalized spacial score (nSPS) is 20.8. The van der Waals surface area contributed by atoms with E-state index in [1.165, 1.54) is 37.4 Å². The van der Waals surface area contributed by atoms with Crippen molar-refractivity contribution in [2.45, 2.75) is 101 Å². The van der Waals surface area contributed by atoms with Crippen LogP contribution in [0.15, 0.2) is 96.2 Å². The van der Waals surface area contributed by atoms with E-state index in [0.29, 0.717) is 73.9 Å². The summed E-state index contributed by atoms with van der Waals surface area (Å²) < 4.78 is 62.4. The van der Waals surface area contributed by atoms with Crippen LogP contribution in [-0.4, -0.2) is 122 Å². The summed E-state index contributed by atoms with van der Waals surface area (Å²) in [6.07, 6.45) is 8.97. The number of piperazine rings is 1. The van der Waals surface area contributed by atoms with Gasteiger partial charge in [-0.05, 0) is 136 Å². The van der Waals surface area contributed by atoms with E-state index >= 15 is 0 Å². The molecule has 1 spiro atoms. The molecule has 18 nitrogen and oxygen atoms in total. The van der Waals surface area contributed by atoms with Gasteiger partial charge in [-0.2, -0.15) is 4.98 Å². The lowest BCUT2D eigenvalue weighted by Crippen LogP contribution is -2.60. The number of aromatic amines is 1. The number of amides is 2. The minimum Gasteiger partial charge on any atom is -0.758 e. The number of carbonyl (C=O) groups excluding carboxylic acids is 2. The lowest BCUT2D eigenvalue weighted by molar-refractivity contribution is -0.0577. The number of rotatable bonds is 16. The SMILES string of the molecule is COc1ccc(C(=O)N2CCN(C3CC4(CCN(c5ccc(C(=O)NS(=O)(=O)c6cnc(NCC7CCC(C)(O)CC7)c(N(C)[O-])c6)c(Oc6cc7c(F)c[nH]c7nc6OC)c5)CC4)C3)[C@H](c3ccccc3C(C)C)C2)cc1. The second kappa shape index (κ2) is 22.0. The molecule has 0 unspecified atom stereocenters. The number of methoxy groups -OCH3 is 2. The van der Waals surface area contributed by atoms with Crippen molar-refractivity contribution < 1.29 is 41.7 Å². The van der Waals surface area contributed by atoms with Crippen LogP contribution in [0.25, 0.3) is 11.0 Å². The zero-order chi connectivity index (χ0) is 55.1. The molecule has 2 aliphatic heterocycles. The fraction of sp³-hybridized carbons (Fsp3) is 0.448. The zero-order valence-corrected chi connectivity index (χ0v) is 45.9. The van der Waals surface area contributed by atoms with Gasteiger partial charge in [0.1, 0.15) is 33.7 Å². The first-order chi connectivity index (χ1) is 37.3. The quantitative estimate of drug-likeness (QED) is 0.0664. The monoisotopic (exact) mass is 1090 g/mol. The summed E-state index contributed by atoms with van der Waals surface area (Å²) in [5.74, 6) is -0.209. The Balaban J connectivity index is 0.860. The largest absolute Gasteiger partial charge is 0.758 e. The first-order valence-electron chi connectivity index (χ1n) is 26.8. The van der Waals surface area contributed by atoms with Crippen molar-refractivity contribution in [3.8, 4) is 23.1 Å². The predicted molar refractivity (Wildman–Crippen MR) is 297 cm³/mol. The Labute approximate surface area is 454 Å². The number of sulfonamides is 1. The third-order valence-corrected chi connectivity index (χ3v) is 17.9. The van der Waals surface area contributed by atoms with Crippen molar-refractivity contribution in [1.29, 1.82) is 0 Å². The molecule has 2 saturated carbocycles. The van der Waals surface area contributed by atoms with Crippen LogP contribution in [0.4, 0.5) is 21.6 Å². The number of anilines is 3. The number of hydrogen-bond donors (Lipinski definition) is 4. The summed E-state index contributed by atoms with van der Waals surface area (Å²) in [5, 5.41) is 27.0.